The quantitative estimate of drug-likeness (QED) is 0.891. The van der Waals surface area contributed by atoms with Crippen LogP contribution < -0.4 is 5.32 Å². The monoisotopic (exact) mass is 254 g/mol. The molecule has 3 heteroatoms. The smallest absolute Gasteiger partial charge is 0.126 e. The highest BCUT2D eigenvalue weighted by atomic mass is 19.1. The predicted molar refractivity (Wildman–Crippen MR) is 74.3 cm³/mol. The first-order chi connectivity index (χ1) is 9.11. The van der Waals surface area contributed by atoms with Gasteiger partial charge < -0.3 is 5.32 Å². The molecule has 2 aromatic carbocycles. The number of nitrogens with one attached hydrogen (secondary N) is 1. The van der Waals surface area contributed by atoms with Crippen LogP contribution in [-0.2, 0) is 0 Å². The summed E-state index contributed by atoms with van der Waals surface area (Å²) < 4.78 is 13.5. The summed E-state index contributed by atoms with van der Waals surface area (Å²) in [6, 6.07) is 14.5. The first-order valence-electron chi connectivity index (χ1n) is 6.13. The van der Waals surface area contributed by atoms with Crippen LogP contribution in [0.25, 0.3) is 0 Å². The summed E-state index contributed by atoms with van der Waals surface area (Å²) in [6.07, 6.45) is 0. The van der Waals surface area contributed by atoms with Gasteiger partial charge in [0.1, 0.15) is 11.9 Å². The second-order valence-electron chi connectivity index (χ2n) is 4.53. The van der Waals surface area contributed by atoms with Gasteiger partial charge in [-0.1, -0.05) is 24.3 Å². The number of nitrogens with zero attached hydrogens (tertiary/aromatic N) is 1. The molecule has 1 atom stereocenters. The molecule has 96 valence electrons. The zero-order valence-corrected chi connectivity index (χ0v) is 10.9. The molecule has 0 bridgehead atoms. The van der Waals surface area contributed by atoms with Gasteiger partial charge in [0.2, 0.25) is 0 Å². The van der Waals surface area contributed by atoms with Crippen molar-refractivity contribution in [3.05, 3.63) is 65.0 Å². The average Bonchev–Trinajstić information content (AvgIpc) is 2.42. The molecule has 0 radical (unpaired) electrons. The first kappa shape index (κ1) is 13.1. The van der Waals surface area contributed by atoms with E-state index in [2.05, 4.69) is 11.4 Å². The highest BCUT2D eigenvalue weighted by Crippen LogP contribution is 2.23. The van der Waals surface area contributed by atoms with E-state index in [9.17, 15) is 4.39 Å². The maximum atomic E-state index is 13.5. The fourth-order valence-electron chi connectivity index (χ4n) is 1.90. The molecule has 0 aliphatic rings. The Bertz CT molecular complexity index is 629. The van der Waals surface area contributed by atoms with Crippen LogP contribution in [0.5, 0.6) is 0 Å². The fourth-order valence-corrected chi connectivity index (χ4v) is 1.90. The van der Waals surface area contributed by atoms with E-state index in [1.807, 2.05) is 31.2 Å². The number of para-hydroxylation sites is 1. The molecule has 1 N–H and O–H groups in total. The summed E-state index contributed by atoms with van der Waals surface area (Å²) in [7, 11) is 0. The Hall–Kier alpha value is -2.34. The second kappa shape index (κ2) is 5.53. The maximum absolute atomic E-state index is 13.5. The van der Waals surface area contributed by atoms with Gasteiger partial charge in [0.15, 0.2) is 0 Å². The summed E-state index contributed by atoms with van der Waals surface area (Å²) >= 11 is 0. The van der Waals surface area contributed by atoms with Crippen LogP contribution in [0.1, 0.15) is 29.7 Å². The van der Waals surface area contributed by atoms with Gasteiger partial charge in [-0.15, -0.1) is 0 Å². The highest BCUT2D eigenvalue weighted by Gasteiger charge is 2.09. The maximum Gasteiger partial charge on any atom is 0.126 e. The van der Waals surface area contributed by atoms with Gasteiger partial charge in [0.25, 0.3) is 0 Å². The van der Waals surface area contributed by atoms with Crippen molar-refractivity contribution in [2.75, 3.05) is 5.32 Å². The molecule has 19 heavy (non-hydrogen) atoms. The first-order valence-corrected chi connectivity index (χ1v) is 6.13. The second-order valence-corrected chi connectivity index (χ2v) is 4.53. The van der Waals surface area contributed by atoms with Gasteiger partial charge in [-0.05, 0) is 43.2 Å². The molecule has 0 amide bonds. The van der Waals surface area contributed by atoms with Crippen LogP contribution in [0, 0.1) is 24.1 Å². The van der Waals surface area contributed by atoms with Crippen molar-refractivity contribution >= 4 is 5.69 Å². The normalized spacial score (nSPS) is 11.7. The minimum Gasteiger partial charge on any atom is -0.377 e. The zero-order chi connectivity index (χ0) is 13.8. The van der Waals surface area contributed by atoms with E-state index in [1.54, 1.807) is 19.1 Å². The van der Waals surface area contributed by atoms with Crippen molar-refractivity contribution in [1.29, 1.82) is 5.26 Å². The molecular weight excluding hydrogens is 239 g/mol. The molecular formula is C16H15FN2. The van der Waals surface area contributed by atoms with Crippen LogP contribution in [0.15, 0.2) is 42.5 Å². The molecule has 0 aliphatic carbocycles. The number of nitriles is 1. The van der Waals surface area contributed by atoms with Gasteiger partial charge in [0.05, 0.1) is 11.3 Å². The Morgan fingerprint density at radius 3 is 2.63 bits per heavy atom. The lowest BCUT2D eigenvalue weighted by Gasteiger charge is -2.17. The third-order valence-electron chi connectivity index (χ3n) is 3.12. The standard InChI is InChI=1S/C16H15FN2/c1-11-7-8-13(9-15(11)17)12(2)19-16-6-4-3-5-14(16)10-18/h3-9,12,19H,1-2H3. The van der Waals surface area contributed by atoms with Crippen LogP contribution in [0.4, 0.5) is 10.1 Å². The molecule has 2 aromatic rings. The zero-order valence-electron chi connectivity index (χ0n) is 10.9. The topological polar surface area (TPSA) is 35.8 Å². The number of hydrogen-bond acceptors (Lipinski definition) is 2. The summed E-state index contributed by atoms with van der Waals surface area (Å²) in [5.41, 5.74) is 2.84. The van der Waals surface area contributed by atoms with Crippen molar-refractivity contribution in [1.82, 2.24) is 0 Å². The fraction of sp³-hybridized carbons (Fsp3) is 0.188. The lowest BCUT2D eigenvalue weighted by Crippen LogP contribution is -2.08. The predicted octanol–water partition coefficient (Wildman–Crippen LogP) is 4.18. The lowest BCUT2D eigenvalue weighted by molar-refractivity contribution is 0.614. The number of anilines is 1. The van der Waals surface area contributed by atoms with E-state index in [1.165, 1.54) is 6.07 Å². The molecule has 0 saturated heterocycles. The lowest BCUT2D eigenvalue weighted by atomic mass is 10.0. The molecule has 0 aliphatic heterocycles. The van der Waals surface area contributed by atoms with Crippen molar-refractivity contribution in [2.45, 2.75) is 19.9 Å². The Balaban J connectivity index is 2.23. The molecule has 1 unspecified atom stereocenters. The molecule has 0 heterocycles. The van der Waals surface area contributed by atoms with Crippen molar-refractivity contribution in [3.63, 3.8) is 0 Å². The average molecular weight is 254 g/mol. The van der Waals surface area contributed by atoms with E-state index in [4.69, 9.17) is 5.26 Å². The largest absolute Gasteiger partial charge is 0.377 e. The molecule has 0 fully saturated rings. The SMILES string of the molecule is Cc1ccc(C(C)Nc2ccccc2C#N)cc1F. The summed E-state index contributed by atoms with van der Waals surface area (Å²) in [5.74, 6) is -0.209. The summed E-state index contributed by atoms with van der Waals surface area (Å²) in [6.45, 7) is 3.68. The van der Waals surface area contributed by atoms with Crippen LogP contribution in [0.2, 0.25) is 0 Å². The number of benzene rings is 2. The van der Waals surface area contributed by atoms with E-state index in [-0.39, 0.29) is 11.9 Å². The third-order valence-corrected chi connectivity index (χ3v) is 3.12. The number of rotatable bonds is 3. The summed E-state index contributed by atoms with van der Waals surface area (Å²) in [4.78, 5) is 0. The highest BCUT2D eigenvalue weighted by molar-refractivity contribution is 5.58. The van der Waals surface area contributed by atoms with Gasteiger partial charge in [-0.2, -0.15) is 5.26 Å². The Kier molecular flexibility index (Phi) is 3.82. The van der Waals surface area contributed by atoms with Gasteiger partial charge in [-0.25, -0.2) is 4.39 Å². The minimum atomic E-state index is -0.209. The van der Waals surface area contributed by atoms with E-state index in [0.717, 1.165) is 11.3 Å². The molecule has 0 spiro atoms. The Labute approximate surface area is 112 Å². The molecule has 2 nitrogen and oxygen atoms in total. The minimum absolute atomic E-state index is 0.0652. The summed E-state index contributed by atoms with van der Waals surface area (Å²) in [5, 5.41) is 12.3. The van der Waals surface area contributed by atoms with Crippen LogP contribution in [0.3, 0.4) is 0 Å². The molecule has 2 rings (SSSR count). The van der Waals surface area contributed by atoms with Crippen LogP contribution in [-0.4, -0.2) is 0 Å². The van der Waals surface area contributed by atoms with Gasteiger partial charge in [0, 0.05) is 6.04 Å². The molecule has 0 saturated carbocycles. The number of hydrogen-bond donors (Lipinski definition) is 1. The number of halogens is 1. The van der Waals surface area contributed by atoms with Gasteiger partial charge >= 0.3 is 0 Å². The van der Waals surface area contributed by atoms with Crippen LogP contribution >= 0.6 is 0 Å². The Morgan fingerprint density at radius 2 is 1.95 bits per heavy atom. The van der Waals surface area contributed by atoms with Crippen molar-refractivity contribution in [3.8, 4) is 6.07 Å². The Morgan fingerprint density at radius 1 is 1.21 bits per heavy atom. The van der Waals surface area contributed by atoms with E-state index < -0.39 is 0 Å². The van der Waals surface area contributed by atoms with Gasteiger partial charge in [-0.3, -0.25) is 0 Å². The van der Waals surface area contributed by atoms with Crippen molar-refractivity contribution in [2.24, 2.45) is 0 Å². The number of aryl methyl sites for hydroxylation is 1. The van der Waals surface area contributed by atoms with E-state index in [0.29, 0.717) is 11.1 Å². The molecule has 0 aromatic heterocycles. The third kappa shape index (κ3) is 2.92. The van der Waals surface area contributed by atoms with E-state index >= 15 is 0 Å². The van der Waals surface area contributed by atoms with Crippen molar-refractivity contribution < 1.29 is 4.39 Å².